The van der Waals surface area contributed by atoms with Crippen LogP contribution in [0, 0.1) is 0 Å². The molecule has 20 heavy (non-hydrogen) atoms. The van der Waals surface area contributed by atoms with Gasteiger partial charge in [-0.25, -0.2) is 4.79 Å². The molecular weight excluding hydrogens is 256 g/mol. The molecule has 1 aromatic heterocycles. The summed E-state index contributed by atoms with van der Waals surface area (Å²) < 4.78 is 10.3. The molecule has 0 saturated carbocycles. The highest BCUT2D eigenvalue weighted by Crippen LogP contribution is 2.10. The molecular formula is C15H18N2O3. The van der Waals surface area contributed by atoms with Crippen LogP contribution in [0.15, 0.2) is 53.1 Å². The van der Waals surface area contributed by atoms with Crippen molar-refractivity contribution in [3.05, 3.63) is 54.5 Å². The molecule has 5 nitrogen and oxygen atoms in total. The molecule has 0 fully saturated rings. The number of ether oxygens (including phenoxy) is 1. The molecule has 106 valence electrons. The fourth-order valence-electron chi connectivity index (χ4n) is 1.77. The van der Waals surface area contributed by atoms with Gasteiger partial charge in [0.25, 0.3) is 0 Å². The summed E-state index contributed by atoms with van der Waals surface area (Å²) in [6.07, 6.45) is 1.60. The summed E-state index contributed by atoms with van der Waals surface area (Å²) in [4.78, 5) is 13.9. The number of nitrogens with zero attached hydrogens (tertiary/aromatic N) is 1. The van der Waals surface area contributed by atoms with Crippen molar-refractivity contribution in [3.8, 4) is 0 Å². The van der Waals surface area contributed by atoms with E-state index in [1.54, 1.807) is 24.3 Å². The van der Waals surface area contributed by atoms with Gasteiger partial charge in [0, 0.05) is 19.3 Å². The van der Waals surface area contributed by atoms with Gasteiger partial charge in [0.05, 0.1) is 19.4 Å². The monoisotopic (exact) mass is 274 g/mol. The van der Waals surface area contributed by atoms with Crippen LogP contribution in [0.5, 0.6) is 0 Å². The number of amides is 2. The van der Waals surface area contributed by atoms with Gasteiger partial charge < -0.3 is 19.4 Å². The van der Waals surface area contributed by atoms with E-state index in [4.69, 9.17) is 9.15 Å². The summed E-state index contributed by atoms with van der Waals surface area (Å²) in [6.45, 7) is 1.38. The maximum atomic E-state index is 12.3. The molecule has 5 heteroatoms. The first-order chi connectivity index (χ1) is 9.79. The number of nitrogens with one attached hydrogen (secondary N) is 1. The van der Waals surface area contributed by atoms with Gasteiger partial charge >= 0.3 is 6.03 Å². The second-order valence-electron chi connectivity index (χ2n) is 4.29. The molecule has 0 unspecified atom stereocenters. The highest BCUT2D eigenvalue weighted by atomic mass is 16.5. The standard InChI is InChI=1S/C15H18N2O3/c1-19-11-9-17(12-14-8-5-10-20-14)15(18)16-13-6-3-2-4-7-13/h2-8,10H,9,11-12H2,1H3,(H,16,18). The zero-order valence-corrected chi connectivity index (χ0v) is 11.4. The van der Waals surface area contributed by atoms with Crippen molar-refractivity contribution in [2.24, 2.45) is 0 Å². The normalized spacial score (nSPS) is 10.2. The van der Waals surface area contributed by atoms with E-state index in [0.29, 0.717) is 19.7 Å². The molecule has 0 saturated heterocycles. The number of para-hydroxylation sites is 1. The van der Waals surface area contributed by atoms with Crippen LogP contribution in [0.3, 0.4) is 0 Å². The molecule has 2 aromatic rings. The van der Waals surface area contributed by atoms with Gasteiger partial charge in [-0.3, -0.25) is 0 Å². The van der Waals surface area contributed by atoms with Crippen molar-refractivity contribution in [2.75, 3.05) is 25.6 Å². The third-order valence-corrected chi connectivity index (χ3v) is 2.80. The largest absolute Gasteiger partial charge is 0.467 e. The quantitative estimate of drug-likeness (QED) is 0.881. The fraction of sp³-hybridized carbons (Fsp3) is 0.267. The lowest BCUT2D eigenvalue weighted by molar-refractivity contribution is 0.149. The molecule has 0 spiro atoms. The number of furan rings is 1. The van der Waals surface area contributed by atoms with Crippen LogP contribution in [-0.4, -0.2) is 31.2 Å². The Labute approximate surface area is 118 Å². The Morgan fingerprint density at radius 3 is 2.70 bits per heavy atom. The number of carbonyl (C=O) groups is 1. The summed E-state index contributed by atoms with van der Waals surface area (Å²) in [7, 11) is 1.61. The lowest BCUT2D eigenvalue weighted by Gasteiger charge is -2.21. The Hall–Kier alpha value is -2.27. The van der Waals surface area contributed by atoms with Crippen LogP contribution in [0.4, 0.5) is 10.5 Å². The van der Waals surface area contributed by atoms with Crippen LogP contribution in [0.2, 0.25) is 0 Å². The van der Waals surface area contributed by atoms with E-state index in [1.165, 1.54) is 0 Å². The minimum absolute atomic E-state index is 0.176. The Morgan fingerprint density at radius 1 is 1.25 bits per heavy atom. The van der Waals surface area contributed by atoms with E-state index >= 15 is 0 Å². The van der Waals surface area contributed by atoms with Crippen molar-refractivity contribution in [1.29, 1.82) is 0 Å². The Morgan fingerprint density at radius 2 is 2.05 bits per heavy atom. The van der Waals surface area contributed by atoms with Gasteiger partial charge in [-0.1, -0.05) is 18.2 Å². The first kappa shape index (κ1) is 14.1. The number of hydrogen-bond donors (Lipinski definition) is 1. The molecule has 0 aliphatic heterocycles. The number of anilines is 1. The molecule has 1 heterocycles. The number of rotatable bonds is 6. The summed E-state index contributed by atoms with van der Waals surface area (Å²) in [5.41, 5.74) is 0.763. The first-order valence-electron chi connectivity index (χ1n) is 6.42. The molecule has 0 aliphatic rings. The average Bonchev–Trinajstić information content (AvgIpc) is 2.97. The molecule has 0 radical (unpaired) electrons. The van der Waals surface area contributed by atoms with E-state index in [1.807, 2.05) is 36.4 Å². The average molecular weight is 274 g/mol. The Balaban J connectivity index is 1.99. The summed E-state index contributed by atoms with van der Waals surface area (Å²) in [5.74, 6) is 0.740. The summed E-state index contributed by atoms with van der Waals surface area (Å²) in [6, 6.07) is 12.8. The van der Waals surface area contributed by atoms with Crippen molar-refractivity contribution in [2.45, 2.75) is 6.54 Å². The smallest absolute Gasteiger partial charge is 0.322 e. The molecule has 0 bridgehead atoms. The van der Waals surface area contributed by atoms with Crippen molar-refractivity contribution < 1.29 is 13.9 Å². The summed E-state index contributed by atoms with van der Waals surface area (Å²) in [5, 5.41) is 2.85. The SMILES string of the molecule is COCCN(Cc1ccco1)C(=O)Nc1ccccc1. The predicted molar refractivity (Wildman–Crippen MR) is 76.5 cm³/mol. The topological polar surface area (TPSA) is 54.7 Å². The molecule has 2 amide bonds. The second kappa shape index (κ2) is 7.35. The minimum atomic E-state index is -0.176. The van der Waals surface area contributed by atoms with Crippen LogP contribution in [0.1, 0.15) is 5.76 Å². The lowest BCUT2D eigenvalue weighted by Crippen LogP contribution is -2.36. The molecule has 1 aromatic carbocycles. The van der Waals surface area contributed by atoms with Crippen LogP contribution < -0.4 is 5.32 Å². The minimum Gasteiger partial charge on any atom is -0.467 e. The molecule has 0 aliphatic carbocycles. The third-order valence-electron chi connectivity index (χ3n) is 2.80. The number of hydrogen-bond acceptors (Lipinski definition) is 3. The maximum absolute atomic E-state index is 12.3. The fourth-order valence-corrected chi connectivity index (χ4v) is 1.77. The van der Waals surface area contributed by atoms with Crippen LogP contribution in [0.25, 0.3) is 0 Å². The van der Waals surface area contributed by atoms with Crippen molar-refractivity contribution in [1.82, 2.24) is 4.90 Å². The molecule has 0 atom stereocenters. The van der Waals surface area contributed by atoms with E-state index in [0.717, 1.165) is 11.4 Å². The Bertz CT molecular complexity index is 511. The zero-order valence-electron chi connectivity index (χ0n) is 11.4. The molecule has 2 rings (SSSR count). The number of urea groups is 1. The third kappa shape index (κ3) is 4.13. The van der Waals surface area contributed by atoms with E-state index < -0.39 is 0 Å². The highest BCUT2D eigenvalue weighted by Gasteiger charge is 2.15. The van der Waals surface area contributed by atoms with E-state index in [9.17, 15) is 4.79 Å². The van der Waals surface area contributed by atoms with Crippen molar-refractivity contribution >= 4 is 11.7 Å². The predicted octanol–water partition coefficient (Wildman–Crippen LogP) is 2.96. The second-order valence-corrected chi connectivity index (χ2v) is 4.29. The number of carbonyl (C=O) groups excluding carboxylic acids is 1. The van der Waals surface area contributed by atoms with Gasteiger partial charge in [-0.2, -0.15) is 0 Å². The lowest BCUT2D eigenvalue weighted by atomic mass is 10.3. The summed E-state index contributed by atoms with van der Waals surface area (Å²) >= 11 is 0. The van der Waals surface area contributed by atoms with E-state index in [2.05, 4.69) is 5.32 Å². The molecule has 1 N–H and O–H groups in total. The van der Waals surface area contributed by atoms with Gasteiger partial charge in [0.1, 0.15) is 5.76 Å². The van der Waals surface area contributed by atoms with Gasteiger partial charge in [0.15, 0.2) is 0 Å². The van der Waals surface area contributed by atoms with E-state index in [-0.39, 0.29) is 6.03 Å². The van der Waals surface area contributed by atoms with Gasteiger partial charge in [0.2, 0.25) is 0 Å². The highest BCUT2D eigenvalue weighted by molar-refractivity contribution is 5.89. The van der Waals surface area contributed by atoms with Gasteiger partial charge in [-0.05, 0) is 24.3 Å². The Kier molecular flexibility index (Phi) is 5.20. The maximum Gasteiger partial charge on any atom is 0.322 e. The number of benzene rings is 1. The van der Waals surface area contributed by atoms with Crippen molar-refractivity contribution in [3.63, 3.8) is 0 Å². The zero-order chi connectivity index (χ0) is 14.2. The first-order valence-corrected chi connectivity index (χ1v) is 6.42. The van der Waals surface area contributed by atoms with Crippen LogP contribution in [-0.2, 0) is 11.3 Å². The number of methoxy groups -OCH3 is 1. The van der Waals surface area contributed by atoms with Crippen LogP contribution >= 0.6 is 0 Å². The van der Waals surface area contributed by atoms with Gasteiger partial charge in [-0.15, -0.1) is 0 Å².